The first-order valence-corrected chi connectivity index (χ1v) is 6.80. The zero-order valence-corrected chi connectivity index (χ0v) is 11.5. The number of rotatable bonds is 2. The fourth-order valence-corrected chi connectivity index (χ4v) is 2.94. The molecule has 4 heteroatoms. The highest BCUT2D eigenvalue weighted by Crippen LogP contribution is 2.38. The van der Waals surface area contributed by atoms with Crippen LogP contribution < -0.4 is 11.1 Å². The zero-order chi connectivity index (χ0) is 13.5. The number of nitrogens with one attached hydrogen (secondary N) is 1. The molecule has 1 aromatic carbocycles. The molecular weight excluding hydrogens is 236 g/mol. The van der Waals surface area contributed by atoms with Gasteiger partial charge in [-0.1, -0.05) is 13.8 Å². The van der Waals surface area contributed by atoms with Crippen LogP contribution in [0.2, 0.25) is 0 Å². The van der Waals surface area contributed by atoms with Crippen LogP contribution in [0.1, 0.15) is 33.1 Å². The first-order chi connectivity index (χ1) is 9.03. The average Bonchev–Trinajstić information content (AvgIpc) is 2.69. The summed E-state index contributed by atoms with van der Waals surface area (Å²) in [6, 6.07) is 6.25. The number of aromatic nitrogens is 2. The van der Waals surface area contributed by atoms with E-state index in [1.165, 1.54) is 19.3 Å². The molecule has 2 aromatic rings. The Balaban J connectivity index is 1.91. The SMILES string of the molecule is CC1(C)CCC(Nc2ncnc3ccc(N)cc23)C1. The van der Waals surface area contributed by atoms with E-state index in [4.69, 9.17) is 5.73 Å². The van der Waals surface area contributed by atoms with Crippen LogP contribution in [0.4, 0.5) is 11.5 Å². The van der Waals surface area contributed by atoms with Crippen LogP contribution in [0.3, 0.4) is 0 Å². The summed E-state index contributed by atoms with van der Waals surface area (Å²) in [6.45, 7) is 4.65. The molecule has 1 aliphatic rings. The molecule has 1 aliphatic carbocycles. The molecule has 1 heterocycles. The maximum atomic E-state index is 5.86. The van der Waals surface area contributed by atoms with Crippen molar-refractivity contribution in [1.29, 1.82) is 0 Å². The van der Waals surface area contributed by atoms with Crippen molar-refractivity contribution in [2.75, 3.05) is 11.1 Å². The molecule has 0 radical (unpaired) electrons. The minimum atomic E-state index is 0.430. The third-order valence-electron chi connectivity index (χ3n) is 3.97. The van der Waals surface area contributed by atoms with Gasteiger partial charge in [0, 0.05) is 17.1 Å². The quantitative estimate of drug-likeness (QED) is 0.810. The summed E-state index contributed by atoms with van der Waals surface area (Å²) in [5.74, 6) is 0.903. The van der Waals surface area contributed by atoms with E-state index in [0.29, 0.717) is 11.5 Å². The van der Waals surface area contributed by atoms with Crippen LogP contribution in [0.25, 0.3) is 10.9 Å². The highest BCUT2D eigenvalue weighted by atomic mass is 15.0. The second-order valence-corrected chi connectivity index (χ2v) is 6.25. The Morgan fingerprint density at radius 1 is 1.32 bits per heavy atom. The fraction of sp³-hybridized carbons (Fsp3) is 0.467. The minimum absolute atomic E-state index is 0.430. The van der Waals surface area contributed by atoms with Gasteiger partial charge in [-0.15, -0.1) is 0 Å². The minimum Gasteiger partial charge on any atom is -0.399 e. The Hall–Kier alpha value is -1.84. The molecule has 0 amide bonds. The molecule has 3 rings (SSSR count). The topological polar surface area (TPSA) is 63.8 Å². The lowest BCUT2D eigenvalue weighted by Gasteiger charge is -2.18. The molecule has 4 nitrogen and oxygen atoms in total. The lowest BCUT2D eigenvalue weighted by Crippen LogP contribution is -2.18. The van der Waals surface area contributed by atoms with Gasteiger partial charge in [0.05, 0.1) is 5.52 Å². The number of benzene rings is 1. The Morgan fingerprint density at radius 3 is 2.89 bits per heavy atom. The molecule has 19 heavy (non-hydrogen) atoms. The monoisotopic (exact) mass is 256 g/mol. The van der Waals surface area contributed by atoms with Gasteiger partial charge in [-0.25, -0.2) is 9.97 Å². The third-order valence-corrected chi connectivity index (χ3v) is 3.97. The van der Waals surface area contributed by atoms with E-state index in [0.717, 1.165) is 22.4 Å². The lowest BCUT2D eigenvalue weighted by molar-refractivity contribution is 0.378. The van der Waals surface area contributed by atoms with Crippen LogP contribution in [0.15, 0.2) is 24.5 Å². The molecular formula is C15H20N4. The lowest BCUT2D eigenvalue weighted by atomic mass is 9.92. The molecule has 100 valence electrons. The normalized spacial score (nSPS) is 21.7. The summed E-state index contributed by atoms with van der Waals surface area (Å²) in [4.78, 5) is 8.66. The van der Waals surface area contributed by atoms with E-state index >= 15 is 0 Å². The van der Waals surface area contributed by atoms with Gasteiger partial charge in [0.25, 0.3) is 0 Å². The number of nitrogen functional groups attached to an aromatic ring is 1. The van der Waals surface area contributed by atoms with E-state index in [9.17, 15) is 0 Å². The van der Waals surface area contributed by atoms with Crippen LogP contribution in [-0.2, 0) is 0 Å². The third kappa shape index (κ3) is 2.48. The zero-order valence-electron chi connectivity index (χ0n) is 11.5. The Labute approximate surface area is 113 Å². The molecule has 0 saturated heterocycles. The summed E-state index contributed by atoms with van der Waals surface area (Å²) in [5, 5.41) is 4.57. The molecule has 0 aliphatic heterocycles. The van der Waals surface area contributed by atoms with Crippen LogP contribution >= 0.6 is 0 Å². The number of anilines is 2. The van der Waals surface area contributed by atoms with Gasteiger partial charge in [-0.3, -0.25) is 0 Å². The molecule has 1 aromatic heterocycles. The summed E-state index contributed by atoms with van der Waals surface area (Å²) in [5.41, 5.74) is 7.97. The van der Waals surface area contributed by atoms with Crippen molar-refractivity contribution < 1.29 is 0 Å². The summed E-state index contributed by atoms with van der Waals surface area (Å²) in [6.07, 6.45) is 5.25. The van der Waals surface area contributed by atoms with Crippen molar-refractivity contribution in [2.45, 2.75) is 39.2 Å². The standard InChI is InChI=1S/C15H20N4/c1-15(2)6-5-11(8-15)19-14-12-7-10(16)3-4-13(12)17-9-18-14/h3-4,7,9,11H,5-6,8,16H2,1-2H3,(H,17,18,19). The molecule has 1 saturated carbocycles. The Bertz CT molecular complexity index is 606. The van der Waals surface area contributed by atoms with Crippen molar-refractivity contribution in [1.82, 2.24) is 9.97 Å². The number of hydrogen-bond donors (Lipinski definition) is 2. The van der Waals surface area contributed by atoms with Gasteiger partial charge in [-0.2, -0.15) is 0 Å². The molecule has 1 unspecified atom stereocenters. The van der Waals surface area contributed by atoms with Crippen molar-refractivity contribution in [3.8, 4) is 0 Å². The first kappa shape index (κ1) is 12.2. The second-order valence-electron chi connectivity index (χ2n) is 6.25. The van der Waals surface area contributed by atoms with Crippen LogP contribution in [0.5, 0.6) is 0 Å². The highest BCUT2D eigenvalue weighted by molar-refractivity contribution is 5.91. The second kappa shape index (κ2) is 4.37. The van der Waals surface area contributed by atoms with Crippen molar-refractivity contribution >= 4 is 22.4 Å². The molecule has 3 N–H and O–H groups in total. The number of nitrogens with two attached hydrogens (primary N) is 1. The number of nitrogens with zero attached hydrogens (tertiary/aromatic N) is 2. The van der Waals surface area contributed by atoms with Gasteiger partial charge in [-0.05, 0) is 42.9 Å². The molecule has 0 spiro atoms. The van der Waals surface area contributed by atoms with Crippen molar-refractivity contribution in [3.63, 3.8) is 0 Å². The van der Waals surface area contributed by atoms with E-state index < -0.39 is 0 Å². The van der Waals surface area contributed by atoms with E-state index in [-0.39, 0.29) is 0 Å². The highest BCUT2D eigenvalue weighted by Gasteiger charge is 2.31. The Morgan fingerprint density at radius 2 is 2.16 bits per heavy atom. The molecule has 1 fully saturated rings. The maximum absolute atomic E-state index is 5.86. The van der Waals surface area contributed by atoms with Gasteiger partial charge in [0.1, 0.15) is 12.1 Å². The Kier molecular flexibility index (Phi) is 2.81. The van der Waals surface area contributed by atoms with Gasteiger partial charge in [0.15, 0.2) is 0 Å². The first-order valence-electron chi connectivity index (χ1n) is 6.80. The fourth-order valence-electron chi connectivity index (χ4n) is 2.94. The summed E-state index contributed by atoms with van der Waals surface area (Å²) in [7, 11) is 0. The average molecular weight is 256 g/mol. The summed E-state index contributed by atoms with van der Waals surface area (Å²) >= 11 is 0. The van der Waals surface area contributed by atoms with Crippen LogP contribution in [0, 0.1) is 5.41 Å². The molecule has 0 bridgehead atoms. The van der Waals surface area contributed by atoms with E-state index in [1.807, 2.05) is 18.2 Å². The number of fused-ring (bicyclic) bond motifs is 1. The smallest absolute Gasteiger partial charge is 0.137 e. The van der Waals surface area contributed by atoms with E-state index in [2.05, 4.69) is 29.1 Å². The van der Waals surface area contributed by atoms with Gasteiger partial charge >= 0.3 is 0 Å². The predicted octanol–water partition coefficient (Wildman–Crippen LogP) is 3.20. The van der Waals surface area contributed by atoms with Crippen LogP contribution in [-0.4, -0.2) is 16.0 Å². The largest absolute Gasteiger partial charge is 0.399 e. The van der Waals surface area contributed by atoms with Gasteiger partial charge < -0.3 is 11.1 Å². The predicted molar refractivity (Wildman–Crippen MR) is 79.0 cm³/mol. The maximum Gasteiger partial charge on any atom is 0.137 e. The molecule has 1 atom stereocenters. The van der Waals surface area contributed by atoms with E-state index in [1.54, 1.807) is 6.33 Å². The van der Waals surface area contributed by atoms with Crippen molar-refractivity contribution in [3.05, 3.63) is 24.5 Å². The summed E-state index contributed by atoms with van der Waals surface area (Å²) < 4.78 is 0. The number of hydrogen-bond acceptors (Lipinski definition) is 4. The van der Waals surface area contributed by atoms with Gasteiger partial charge in [0.2, 0.25) is 0 Å². The van der Waals surface area contributed by atoms with Crippen molar-refractivity contribution in [2.24, 2.45) is 5.41 Å².